The molecule has 0 bridgehead atoms. The average Bonchev–Trinajstić information content (AvgIpc) is 3.36. The van der Waals surface area contributed by atoms with Gasteiger partial charge in [0, 0.05) is 29.2 Å². The maximum Gasteiger partial charge on any atom is 0.573 e. The van der Waals surface area contributed by atoms with Crippen molar-refractivity contribution < 1.29 is 27.5 Å². The molecule has 0 saturated carbocycles. The van der Waals surface area contributed by atoms with Crippen molar-refractivity contribution in [2.24, 2.45) is 0 Å². The minimum absolute atomic E-state index is 0.216. The Morgan fingerprint density at radius 3 is 2.20 bits per heavy atom. The van der Waals surface area contributed by atoms with E-state index < -0.39 is 37.7 Å². The lowest BCUT2D eigenvalue weighted by Gasteiger charge is -2.41. The van der Waals surface area contributed by atoms with Crippen LogP contribution in [0.1, 0.15) is 58.4 Å². The van der Waals surface area contributed by atoms with Crippen LogP contribution in [0.4, 0.5) is 23.7 Å². The molecule has 1 aromatic heterocycles. The number of rotatable bonds is 4. The van der Waals surface area contributed by atoms with Gasteiger partial charge in [-0.25, -0.2) is 4.79 Å². The summed E-state index contributed by atoms with van der Waals surface area (Å²) in [5, 5.41) is 3.48. The van der Waals surface area contributed by atoms with Gasteiger partial charge < -0.3 is 15.0 Å². The van der Waals surface area contributed by atoms with E-state index in [1.165, 1.54) is 28.6 Å². The smallest absolute Gasteiger partial charge is 0.406 e. The Balaban J connectivity index is 1.77. The van der Waals surface area contributed by atoms with Gasteiger partial charge in [-0.3, -0.25) is 9.36 Å². The number of carbonyl (C=O) groups excluding carboxylic acids is 2. The molecule has 210 valence electrons. The van der Waals surface area contributed by atoms with Gasteiger partial charge in [-0.15, -0.1) is 18.7 Å². The first kappa shape index (κ1) is 27.8. The number of fused-ring (bicyclic) bond motifs is 3. The molecule has 3 heterocycles. The van der Waals surface area contributed by atoms with Gasteiger partial charge in [-0.1, -0.05) is 65.7 Å². The normalized spacial score (nSPS) is 18.6. The van der Waals surface area contributed by atoms with E-state index in [1.807, 2.05) is 12.1 Å². The van der Waals surface area contributed by atoms with E-state index in [0.717, 1.165) is 11.5 Å². The van der Waals surface area contributed by atoms with Crippen LogP contribution in [0, 0.1) is 11.5 Å². The fourth-order valence-corrected chi connectivity index (χ4v) is 12.2. The molecule has 1 spiro atoms. The number of aromatic nitrogens is 1. The predicted molar refractivity (Wildman–Crippen MR) is 151 cm³/mol. The van der Waals surface area contributed by atoms with Gasteiger partial charge in [0.05, 0.1) is 5.52 Å². The lowest BCUT2D eigenvalue weighted by molar-refractivity contribution is -0.274. The van der Waals surface area contributed by atoms with Crippen LogP contribution >= 0.6 is 0 Å². The lowest BCUT2D eigenvalue weighted by Crippen LogP contribution is -2.56. The fraction of sp³-hybridized carbons (Fsp3) is 0.400. The number of benzene rings is 2. The Bertz CT molecular complexity index is 1590. The van der Waals surface area contributed by atoms with Gasteiger partial charge in [0.2, 0.25) is 0 Å². The Morgan fingerprint density at radius 1 is 0.950 bits per heavy atom. The zero-order valence-corrected chi connectivity index (χ0v) is 24.5. The number of hydrogen-bond donors (Lipinski definition) is 1. The first-order chi connectivity index (χ1) is 18.7. The molecule has 2 amide bonds. The minimum atomic E-state index is -4.91. The largest absolute Gasteiger partial charge is 0.573 e. The van der Waals surface area contributed by atoms with Gasteiger partial charge in [-0.2, -0.15) is 0 Å². The predicted octanol–water partition coefficient (Wildman–Crippen LogP) is 7.22. The summed E-state index contributed by atoms with van der Waals surface area (Å²) in [6.07, 6.45) is -4.91. The van der Waals surface area contributed by atoms with Crippen LogP contribution in [0.3, 0.4) is 0 Å². The van der Waals surface area contributed by atoms with Gasteiger partial charge in [0.15, 0.2) is 5.54 Å². The third-order valence-electron chi connectivity index (χ3n) is 8.66. The summed E-state index contributed by atoms with van der Waals surface area (Å²) in [5.74, 6) is 2.38. The molecular formula is C30H32F3N3O3Si. The molecule has 5 rings (SSSR count). The second-order valence-electron chi connectivity index (χ2n) is 11.5. The topological polar surface area (TPSA) is 63.6 Å². The number of nitrogens with zero attached hydrogens (tertiary/aromatic N) is 2. The van der Waals surface area contributed by atoms with Crippen molar-refractivity contribution in [1.29, 1.82) is 0 Å². The molecule has 1 N–H and O–H groups in total. The summed E-state index contributed by atoms with van der Waals surface area (Å²) >= 11 is 0. The summed E-state index contributed by atoms with van der Waals surface area (Å²) < 4.78 is 44.8. The molecule has 2 aliphatic rings. The van der Waals surface area contributed by atoms with E-state index in [0.29, 0.717) is 39.1 Å². The van der Waals surface area contributed by atoms with Crippen molar-refractivity contribution in [3.05, 3.63) is 59.3 Å². The summed E-state index contributed by atoms with van der Waals surface area (Å²) in [6, 6.07) is 10.4. The third-order valence-corrected chi connectivity index (χ3v) is 14.9. The molecule has 0 fully saturated rings. The maximum atomic E-state index is 14.1. The number of hydrogen-bond acceptors (Lipinski definition) is 3. The SMILES string of the molecule is CC(C)[Si](C#Cc1cc2cccc3c2n1C(=O)N(C)C31C(=O)Nc2ccc(OC(F)(F)F)cc21)(C(C)C)C(C)C. The number of amides is 2. The number of alkyl halides is 3. The maximum absolute atomic E-state index is 14.1. The number of carbonyl (C=O) groups is 2. The highest BCUT2D eigenvalue weighted by atomic mass is 28.3. The highest BCUT2D eigenvalue weighted by Crippen LogP contribution is 2.51. The minimum Gasteiger partial charge on any atom is -0.406 e. The van der Waals surface area contributed by atoms with Crippen LogP contribution in [0.25, 0.3) is 10.9 Å². The molecule has 2 aromatic carbocycles. The number of ether oxygens (including phenoxy) is 1. The number of para-hydroxylation sites is 1. The fourth-order valence-electron chi connectivity index (χ4n) is 6.99. The number of likely N-dealkylation sites (N-methyl/N-ethyl adjacent to an activating group) is 1. The summed E-state index contributed by atoms with van der Waals surface area (Å²) in [7, 11) is -0.627. The monoisotopic (exact) mass is 567 g/mol. The van der Waals surface area contributed by atoms with Crippen LogP contribution in [0.15, 0.2) is 42.5 Å². The van der Waals surface area contributed by atoms with E-state index in [2.05, 4.69) is 63.1 Å². The van der Waals surface area contributed by atoms with Crippen LogP contribution < -0.4 is 10.1 Å². The highest BCUT2D eigenvalue weighted by molar-refractivity contribution is 6.90. The Labute approximate surface area is 232 Å². The van der Waals surface area contributed by atoms with E-state index in [1.54, 1.807) is 12.1 Å². The van der Waals surface area contributed by atoms with Crippen LogP contribution in [0.5, 0.6) is 5.75 Å². The van der Waals surface area contributed by atoms with Crippen molar-refractivity contribution in [1.82, 2.24) is 9.47 Å². The van der Waals surface area contributed by atoms with Crippen molar-refractivity contribution in [3.8, 4) is 17.2 Å². The zero-order chi connectivity index (χ0) is 29.4. The van der Waals surface area contributed by atoms with Gasteiger partial charge >= 0.3 is 12.4 Å². The second kappa shape index (κ2) is 9.16. The molecular weight excluding hydrogens is 535 g/mol. The van der Waals surface area contributed by atoms with Gasteiger partial charge in [-0.05, 0) is 40.9 Å². The number of nitrogens with one attached hydrogen (secondary N) is 1. The summed E-state index contributed by atoms with van der Waals surface area (Å²) in [6.45, 7) is 13.3. The molecule has 40 heavy (non-hydrogen) atoms. The molecule has 0 aliphatic carbocycles. The van der Waals surface area contributed by atoms with E-state index in [-0.39, 0.29) is 5.56 Å². The zero-order valence-electron chi connectivity index (χ0n) is 23.5. The molecule has 1 atom stereocenters. The van der Waals surface area contributed by atoms with Crippen molar-refractivity contribution >= 4 is 36.6 Å². The molecule has 1 unspecified atom stereocenters. The Morgan fingerprint density at radius 2 is 1.60 bits per heavy atom. The first-order valence-electron chi connectivity index (χ1n) is 13.3. The lowest BCUT2D eigenvalue weighted by atomic mass is 9.80. The summed E-state index contributed by atoms with van der Waals surface area (Å²) in [5.41, 5.74) is 5.26. The van der Waals surface area contributed by atoms with E-state index in [4.69, 9.17) is 0 Å². The standard InChI is InChI=1S/C30H32F3N3O3Si/c1-17(2)40(18(3)4,19(5)6)14-13-21-15-20-9-8-10-23-26(20)36(21)28(38)35(7)29(23)24-16-22(39-30(31,32)33)11-12-25(24)34-27(29)37/h8-12,15-19H,1-7H3,(H,34,37). The second-order valence-corrected chi connectivity index (χ2v) is 17.1. The van der Waals surface area contributed by atoms with E-state index in [9.17, 15) is 22.8 Å². The Hall–Kier alpha value is -3.71. The van der Waals surface area contributed by atoms with Crippen molar-refractivity contribution in [2.75, 3.05) is 12.4 Å². The molecule has 3 aromatic rings. The number of anilines is 1. The first-order valence-corrected chi connectivity index (χ1v) is 15.6. The van der Waals surface area contributed by atoms with Crippen LogP contribution in [-0.2, 0) is 10.3 Å². The van der Waals surface area contributed by atoms with E-state index >= 15 is 0 Å². The summed E-state index contributed by atoms with van der Waals surface area (Å²) in [4.78, 5) is 29.1. The van der Waals surface area contributed by atoms with Crippen LogP contribution in [0.2, 0.25) is 16.6 Å². The van der Waals surface area contributed by atoms with Gasteiger partial charge in [0.25, 0.3) is 5.91 Å². The molecule has 6 nitrogen and oxygen atoms in total. The molecule has 0 saturated heterocycles. The number of halogens is 3. The van der Waals surface area contributed by atoms with Crippen LogP contribution in [-0.4, -0.2) is 42.9 Å². The quantitative estimate of drug-likeness (QED) is 0.268. The van der Waals surface area contributed by atoms with Crippen molar-refractivity contribution in [3.63, 3.8) is 0 Å². The third kappa shape index (κ3) is 3.78. The van der Waals surface area contributed by atoms with Crippen molar-refractivity contribution in [2.45, 2.75) is 70.1 Å². The Kier molecular flexibility index (Phi) is 6.38. The molecule has 0 radical (unpaired) electrons. The molecule has 10 heteroatoms. The highest BCUT2D eigenvalue weighted by Gasteiger charge is 2.57. The molecule has 2 aliphatic heterocycles. The van der Waals surface area contributed by atoms with Gasteiger partial charge in [0.1, 0.15) is 19.5 Å². The average molecular weight is 568 g/mol.